The number of ether oxygens (including phenoxy) is 3. The Balaban J connectivity index is 1.88. The van der Waals surface area contributed by atoms with Crippen molar-refractivity contribution in [2.75, 3.05) is 47.1 Å². The van der Waals surface area contributed by atoms with Crippen LogP contribution in [0.2, 0.25) is 0 Å². The number of rotatable bonds is 8. The van der Waals surface area contributed by atoms with E-state index in [0.717, 1.165) is 35.5 Å². The summed E-state index contributed by atoms with van der Waals surface area (Å²) in [5.74, 6) is 1.08. The zero-order chi connectivity index (χ0) is 21.7. The summed E-state index contributed by atoms with van der Waals surface area (Å²) in [5, 5.41) is 0. The van der Waals surface area contributed by atoms with Gasteiger partial charge in [-0.25, -0.2) is 13.1 Å². The first kappa shape index (κ1) is 22.6. The number of sulfonamides is 1. The minimum Gasteiger partial charge on any atom is -0.497 e. The Morgan fingerprint density at radius 2 is 1.77 bits per heavy atom. The van der Waals surface area contributed by atoms with Gasteiger partial charge in [0.05, 0.1) is 27.4 Å². The second-order valence-electron chi connectivity index (χ2n) is 7.38. The van der Waals surface area contributed by atoms with Crippen LogP contribution in [-0.2, 0) is 14.8 Å². The molecule has 2 aromatic carbocycles. The Labute approximate surface area is 179 Å². The van der Waals surface area contributed by atoms with Crippen LogP contribution in [0.1, 0.15) is 22.7 Å². The van der Waals surface area contributed by atoms with Gasteiger partial charge in [-0.15, -0.1) is 0 Å². The molecule has 1 fully saturated rings. The molecule has 7 nitrogen and oxygen atoms in total. The number of morpholine rings is 1. The summed E-state index contributed by atoms with van der Waals surface area (Å²) in [4.78, 5) is 2.39. The van der Waals surface area contributed by atoms with E-state index in [1.807, 2.05) is 38.1 Å². The quantitative estimate of drug-likeness (QED) is 0.688. The second kappa shape index (κ2) is 9.78. The largest absolute Gasteiger partial charge is 0.497 e. The van der Waals surface area contributed by atoms with E-state index in [-0.39, 0.29) is 17.5 Å². The van der Waals surface area contributed by atoms with Gasteiger partial charge in [0, 0.05) is 25.7 Å². The first-order chi connectivity index (χ1) is 14.4. The zero-order valence-corrected chi connectivity index (χ0v) is 18.8. The first-order valence-electron chi connectivity index (χ1n) is 9.96. The van der Waals surface area contributed by atoms with Crippen LogP contribution in [-0.4, -0.2) is 60.4 Å². The van der Waals surface area contributed by atoms with Crippen molar-refractivity contribution < 1.29 is 22.6 Å². The molecule has 0 saturated carbocycles. The minimum absolute atomic E-state index is 0.142. The molecule has 3 rings (SSSR count). The number of hydrogen-bond donors (Lipinski definition) is 1. The number of nitrogens with zero attached hydrogens (tertiary/aromatic N) is 1. The molecule has 0 unspecified atom stereocenters. The standard InChI is InChI=1S/C22H30N2O5S/c1-16-12-21(28-4)22(13-17(16)2)30(25,26)23-15-20(24-8-10-29-11-9-24)18-6-5-7-19(14-18)27-3/h5-7,12-14,20,23H,8-11,15H2,1-4H3/t20-/m1/s1. The third-order valence-electron chi connectivity index (χ3n) is 5.50. The van der Waals surface area contributed by atoms with Crippen LogP contribution in [0.5, 0.6) is 11.5 Å². The lowest BCUT2D eigenvalue weighted by molar-refractivity contribution is 0.0171. The molecule has 0 radical (unpaired) electrons. The van der Waals surface area contributed by atoms with Crippen LogP contribution in [0, 0.1) is 13.8 Å². The molecule has 30 heavy (non-hydrogen) atoms. The van der Waals surface area contributed by atoms with Gasteiger partial charge in [0.25, 0.3) is 0 Å². The molecule has 0 amide bonds. The van der Waals surface area contributed by atoms with E-state index in [1.54, 1.807) is 19.2 Å². The van der Waals surface area contributed by atoms with E-state index >= 15 is 0 Å². The molecule has 2 aromatic rings. The number of nitrogens with one attached hydrogen (secondary N) is 1. The molecule has 0 bridgehead atoms. The summed E-state index contributed by atoms with van der Waals surface area (Å²) >= 11 is 0. The molecule has 1 aliphatic heterocycles. The van der Waals surface area contributed by atoms with Crippen molar-refractivity contribution in [3.8, 4) is 11.5 Å². The lowest BCUT2D eigenvalue weighted by atomic mass is 10.0. The van der Waals surface area contributed by atoms with Crippen molar-refractivity contribution in [1.29, 1.82) is 0 Å². The zero-order valence-electron chi connectivity index (χ0n) is 18.0. The highest BCUT2D eigenvalue weighted by Gasteiger charge is 2.27. The summed E-state index contributed by atoms with van der Waals surface area (Å²) in [6.07, 6.45) is 0. The van der Waals surface area contributed by atoms with Crippen LogP contribution in [0.15, 0.2) is 41.3 Å². The van der Waals surface area contributed by atoms with Crippen LogP contribution >= 0.6 is 0 Å². The molecule has 0 aliphatic carbocycles. The molecule has 0 spiro atoms. The average Bonchev–Trinajstić information content (AvgIpc) is 2.76. The number of aryl methyl sites for hydroxylation is 2. The van der Waals surface area contributed by atoms with Gasteiger partial charge in [-0.05, 0) is 54.8 Å². The maximum absolute atomic E-state index is 13.2. The summed E-state index contributed by atoms with van der Waals surface area (Å²) in [6.45, 7) is 6.76. The lowest BCUT2D eigenvalue weighted by Crippen LogP contribution is -2.43. The Bertz CT molecular complexity index is 971. The molecule has 1 aliphatic rings. The highest BCUT2D eigenvalue weighted by molar-refractivity contribution is 7.89. The van der Waals surface area contributed by atoms with E-state index in [9.17, 15) is 8.42 Å². The second-order valence-corrected chi connectivity index (χ2v) is 9.12. The number of hydrogen-bond acceptors (Lipinski definition) is 6. The fourth-order valence-electron chi connectivity index (χ4n) is 3.59. The first-order valence-corrected chi connectivity index (χ1v) is 11.4. The summed E-state index contributed by atoms with van der Waals surface area (Å²) in [7, 11) is -0.659. The molecule has 1 atom stereocenters. The van der Waals surface area contributed by atoms with Gasteiger partial charge >= 0.3 is 0 Å². The summed E-state index contributed by atoms with van der Waals surface area (Å²) < 4.78 is 45.3. The molecular formula is C22H30N2O5S. The molecule has 1 saturated heterocycles. The van der Waals surface area contributed by atoms with Crippen molar-refractivity contribution in [3.05, 3.63) is 53.1 Å². The Kier molecular flexibility index (Phi) is 7.36. The molecule has 1 N–H and O–H groups in total. The van der Waals surface area contributed by atoms with Crippen molar-refractivity contribution in [1.82, 2.24) is 9.62 Å². The monoisotopic (exact) mass is 434 g/mol. The van der Waals surface area contributed by atoms with Crippen molar-refractivity contribution >= 4 is 10.0 Å². The third kappa shape index (κ3) is 5.13. The predicted octanol–water partition coefficient (Wildman–Crippen LogP) is 2.67. The fourth-order valence-corrected chi connectivity index (χ4v) is 4.87. The summed E-state index contributed by atoms with van der Waals surface area (Å²) in [5.41, 5.74) is 2.87. The van der Waals surface area contributed by atoms with Gasteiger partial charge in [-0.1, -0.05) is 12.1 Å². The van der Waals surface area contributed by atoms with Crippen LogP contribution in [0.4, 0.5) is 0 Å². The normalized spacial score (nSPS) is 16.3. The smallest absolute Gasteiger partial charge is 0.244 e. The topological polar surface area (TPSA) is 77.1 Å². The van der Waals surface area contributed by atoms with Crippen LogP contribution < -0.4 is 14.2 Å². The van der Waals surface area contributed by atoms with Gasteiger partial charge < -0.3 is 14.2 Å². The highest BCUT2D eigenvalue weighted by atomic mass is 32.2. The van der Waals surface area contributed by atoms with E-state index in [4.69, 9.17) is 14.2 Å². The average molecular weight is 435 g/mol. The lowest BCUT2D eigenvalue weighted by Gasteiger charge is -2.35. The Morgan fingerprint density at radius 1 is 1.07 bits per heavy atom. The van der Waals surface area contributed by atoms with Crippen molar-refractivity contribution in [2.24, 2.45) is 0 Å². The maximum atomic E-state index is 13.2. The van der Waals surface area contributed by atoms with Crippen molar-refractivity contribution in [2.45, 2.75) is 24.8 Å². The summed E-state index contributed by atoms with van der Waals surface area (Å²) in [6, 6.07) is 11.0. The third-order valence-corrected chi connectivity index (χ3v) is 6.95. The van der Waals surface area contributed by atoms with Gasteiger partial charge in [-0.3, -0.25) is 4.90 Å². The highest BCUT2D eigenvalue weighted by Crippen LogP contribution is 2.29. The molecule has 8 heteroatoms. The SMILES string of the molecule is COc1cccc([C@@H](CNS(=O)(=O)c2cc(C)c(C)cc2OC)N2CCOCC2)c1. The van der Waals surface area contributed by atoms with Crippen molar-refractivity contribution in [3.63, 3.8) is 0 Å². The predicted molar refractivity (Wildman–Crippen MR) is 116 cm³/mol. The van der Waals surface area contributed by atoms with Gasteiger partial charge in [0.2, 0.25) is 10.0 Å². The Hall–Kier alpha value is -2.13. The number of methoxy groups -OCH3 is 2. The van der Waals surface area contributed by atoms with E-state index in [1.165, 1.54) is 7.11 Å². The Morgan fingerprint density at radius 3 is 2.43 bits per heavy atom. The molecule has 1 heterocycles. The molecule has 164 valence electrons. The molecule has 0 aromatic heterocycles. The van der Waals surface area contributed by atoms with Gasteiger partial charge in [0.1, 0.15) is 16.4 Å². The minimum atomic E-state index is -3.76. The van der Waals surface area contributed by atoms with E-state index in [0.29, 0.717) is 19.0 Å². The van der Waals surface area contributed by atoms with E-state index < -0.39 is 10.0 Å². The van der Waals surface area contributed by atoms with Crippen LogP contribution in [0.3, 0.4) is 0 Å². The molecular weight excluding hydrogens is 404 g/mol. The van der Waals surface area contributed by atoms with Gasteiger partial charge in [0.15, 0.2) is 0 Å². The van der Waals surface area contributed by atoms with E-state index in [2.05, 4.69) is 9.62 Å². The van der Waals surface area contributed by atoms with Crippen LogP contribution in [0.25, 0.3) is 0 Å². The van der Waals surface area contributed by atoms with Gasteiger partial charge in [-0.2, -0.15) is 0 Å². The number of benzene rings is 2. The maximum Gasteiger partial charge on any atom is 0.244 e. The fraction of sp³-hybridized carbons (Fsp3) is 0.455.